The van der Waals surface area contributed by atoms with Gasteiger partial charge in [0.2, 0.25) is 5.91 Å². The fraction of sp³-hybridized carbons (Fsp3) is 0.800. The smallest absolute Gasteiger partial charge is 0.224 e. The predicted octanol–water partition coefficient (Wildman–Crippen LogP) is 0.382. The molecule has 2 saturated heterocycles. The van der Waals surface area contributed by atoms with Gasteiger partial charge in [-0.2, -0.15) is 5.10 Å². The molecule has 0 aliphatic carbocycles. The molecule has 1 aromatic heterocycles. The summed E-state index contributed by atoms with van der Waals surface area (Å²) < 4.78 is 7.20. The lowest BCUT2D eigenvalue weighted by atomic mass is 10.0. The summed E-state index contributed by atoms with van der Waals surface area (Å²) >= 11 is 0. The minimum atomic E-state index is 0.258. The molecule has 0 N–H and O–H groups in total. The number of nitrogens with zero attached hydrogens (tertiary/aromatic N) is 5. The fourth-order valence-electron chi connectivity index (χ4n) is 3.31. The molecule has 2 aliphatic rings. The van der Waals surface area contributed by atoms with E-state index in [2.05, 4.69) is 15.0 Å². The van der Waals surface area contributed by atoms with E-state index < -0.39 is 0 Å². The number of morpholine rings is 1. The Balaban J connectivity index is 1.49. The second-order valence-electron chi connectivity index (χ2n) is 6.05. The first kappa shape index (κ1) is 15.4. The third-order valence-electron chi connectivity index (χ3n) is 4.59. The van der Waals surface area contributed by atoms with Gasteiger partial charge in [0.25, 0.3) is 0 Å². The van der Waals surface area contributed by atoms with E-state index in [0.29, 0.717) is 25.7 Å². The fourth-order valence-corrected chi connectivity index (χ4v) is 3.31. The molecule has 1 atom stereocenters. The molecule has 122 valence electrons. The summed E-state index contributed by atoms with van der Waals surface area (Å²) in [5.74, 6) is 0.258. The Kier molecular flexibility index (Phi) is 5.39. The van der Waals surface area contributed by atoms with Crippen LogP contribution in [0.15, 0.2) is 12.7 Å². The Hall–Kier alpha value is -1.47. The van der Waals surface area contributed by atoms with Crippen LogP contribution in [0.3, 0.4) is 0 Å². The second kappa shape index (κ2) is 7.69. The molecular formula is C15H25N5O2. The summed E-state index contributed by atoms with van der Waals surface area (Å²) in [6.45, 7) is 5.61. The summed E-state index contributed by atoms with van der Waals surface area (Å²) in [4.78, 5) is 20.7. The van der Waals surface area contributed by atoms with Crippen molar-refractivity contribution in [2.75, 3.05) is 39.4 Å². The number of aromatic nitrogens is 3. The van der Waals surface area contributed by atoms with E-state index in [1.165, 1.54) is 19.3 Å². The average Bonchev–Trinajstić information content (AvgIpc) is 3.07. The highest BCUT2D eigenvalue weighted by Gasteiger charge is 2.24. The van der Waals surface area contributed by atoms with Crippen LogP contribution in [0.4, 0.5) is 0 Å². The van der Waals surface area contributed by atoms with Crippen LogP contribution in [0.5, 0.6) is 0 Å². The van der Waals surface area contributed by atoms with Crippen LogP contribution < -0.4 is 0 Å². The van der Waals surface area contributed by atoms with Crippen molar-refractivity contribution in [3.8, 4) is 0 Å². The van der Waals surface area contributed by atoms with Gasteiger partial charge in [-0.05, 0) is 19.4 Å². The molecule has 3 heterocycles. The molecule has 7 heteroatoms. The normalized spacial score (nSPS) is 23.6. The Morgan fingerprint density at radius 1 is 1.23 bits per heavy atom. The number of hydrogen-bond donors (Lipinski definition) is 0. The van der Waals surface area contributed by atoms with Crippen molar-refractivity contribution in [1.29, 1.82) is 0 Å². The number of hydrogen-bond acceptors (Lipinski definition) is 5. The van der Waals surface area contributed by atoms with Crippen molar-refractivity contribution in [3.63, 3.8) is 0 Å². The van der Waals surface area contributed by atoms with Gasteiger partial charge in [-0.15, -0.1) is 0 Å². The number of ether oxygens (including phenoxy) is 1. The second-order valence-corrected chi connectivity index (χ2v) is 6.05. The van der Waals surface area contributed by atoms with Crippen molar-refractivity contribution in [2.24, 2.45) is 0 Å². The lowest BCUT2D eigenvalue weighted by Gasteiger charge is -2.36. The minimum absolute atomic E-state index is 0.258. The van der Waals surface area contributed by atoms with Crippen LogP contribution in [0.2, 0.25) is 0 Å². The molecule has 1 aromatic rings. The molecule has 22 heavy (non-hydrogen) atoms. The van der Waals surface area contributed by atoms with Crippen molar-refractivity contribution < 1.29 is 9.53 Å². The molecule has 0 bridgehead atoms. The van der Waals surface area contributed by atoms with Crippen LogP contribution in [0, 0.1) is 0 Å². The maximum Gasteiger partial charge on any atom is 0.224 e. The molecule has 1 amide bonds. The molecule has 2 aliphatic heterocycles. The zero-order valence-electron chi connectivity index (χ0n) is 13.1. The summed E-state index contributed by atoms with van der Waals surface area (Å²) in [6, 6.07) is 0.466. The molecule has 0 radical (unpaired) electrons. The van der Waals surface area contributed by atoms with Gasteiger partial charge in [0.15, 0.2) is 0 Å². The Labute approximate surface area is 131 Å². The maximum atomic E-state index is 12.3. The third-order valence-corrected chi connectivity index (χ3v) is 4.59. The first-order valence-electron chi connectivity index (χ1n) is 8.25. The highest BCUT2D eigenvalue weighted by molar-refractivity contribution is 5.76. The van der Waals surface area contributed by atoms with Crippen LogP contribution >= 0.6 is 0 Å². The molecule has 0 saturated carbocycles. The van der Waals surface area contributed by atoms with Gasteiger partial charge in [0.1, 0.15) is 12.7 Å². The van der Waals surface area contributed by atoms with Crippen LogP contribution in [0.1, 0.15) is 25.7 Å². The number of rotatable bonds is 5. The summed E-state index contributed by atoms with van der Waals surface area (Å²) in [7, 11) is 0. The van der Waals surface area contributed by atoms with Gasteiger partial charge in [0.05, 0.1) is 19.8 Å². The van der Waals surface area contributed by atoms with Crippen molar-refractivity contribution in [1.82, 2.24) is 24.6 Å². The van der Waals surface area contributed by atoms with Gasteiger partial charge < -0.3 is 9.64 Å². The number of carbonyl (C=O) groups is 1. The summed E-state index contributed by atoms with van der Waals surface area (Å²) in [5, 5.41) is 4.20. The van der Waals surface area contributed by atoms with E-state index in [0.717, 1.165) is 32.7 Å². The molecule has 0 spiro atoms. The van der Waals surface area contributed by atoms with Crippen LogP contribution in [0.25, 0.3) is 0 Å². The van der Waals surface area contributed by atoms with E-state index in [-0.39, 0.29) is 5.91 Å². The third kappa shape index (κ3) is 4.04. The van der Waals surface area contributed by atoms with E-state index in [1.54, 1.807) is 12.7 Å². The van der Waals surface area contributed by atoms with E-state index in [9.17, 15) is 4.79 Å². The molecule has 3 rings (SSSR count). The highest BCUT2D eigenvalue weighted by Crippen LogP contribution is 2.18. The van der Waals surface area contributed by atoms with Gasteiger partial charge in [0, 0.05) is 32.1 Å². The topological polar surface area (TPSA) is 63.5 Å². The number of carbonyl (C=O) groups excluding carboxylic acids is 1. The monoisotopic (exact) mass is 307 g/mol. The van der Waals surface area contributed by atoms with E-state index in [4.69, 9.17) is 4.74 Å². The Morgan fingerprint density at radius 2 is 2.09 bits per heavy atom. The van der Waals surface area contributed by atoms with E-state index >= 15 is 0 Å². The Morgan fingerprint density at radius 3 is 2.86 bits per heavy atom. The minimum Gasteiger partial charge on any atom is -0.378 e. The highest BCUT2D eigenvalue weighted by atomic mass is 16.5. The van der Waals surface area contributed by atoms with Gasteiger partial charge >= 0.3 is 0 Å². The lowest BCUT2D eigenvalue weighted by molar-refractivity contribution is -0.135. The maximum absolute atomic E-state index is 12.3. The summed E-state index contributed by atoms with van der Waals surface area (Å²) in [5.41, 5.74) is 0. The standard InChI is InChI=1S/C15H25N5O2/c21-15(19-7-9-22-10-8-19)4-6-18-5-2-1-3-14(18)11-20-13-16-12-17-20/h12-14H,1-11H2/t14-/m0/s1. The zero-order chi connectivity index (χ0) is 15.2. The average molecular weight is 307 g/mol. The van der Waals surface area contributed by atoms with Crippen molar-refractivity contribution >= 4 is 5.91 Å². The first-order valence-corrected chi connectivity index (χ1v) is 8.25. The van der Waals surface area contributed by atoms with Crippen LogP contribution in [-0.2, 0) is 16.1 Å². The van der Waals surface area contributed by atoms with E-state index in [1.807, 2.05) is 9.58 Å². The quantitative estimate of drug-likeness (QED) is 0.787. The first-order chi connectivity index (χ1) is 10.8. The Bertz CT molecular complexity index is 459. The summed E-state index contributed by atoms with van der Waals surface area (Å²) in [6.07, 6.45) is 7.60. The predicted molar refractivity (Wildman–Crippen MR) is 81.3 cm³/mol. The van der Waals surface area contributed by atoms with Crippen LogP contribution in [-0.4, -0.2) is 75.9 Å². The van der Waals surface area contributed by atoms with Crippen molar-refractivity contribution in [2.45, 2.75) is 38.3 Å². The lowest BCUT2D eigenvalue weighted by Crippen LogP contribution is -2.45. The molecular weight excluding hydrogens is 282 g/mol. The van der Waals surface area contributed by atoms with Gasteiger partial charge in [-0.25, -0.2) is 4.98 Å². The number of piperidine rings is 1. The largest absolute Gasteiger partial charge is 0.378 e. The van der Waals surface area contributed by atoms with Gasteiger partial charge in [-0.1, -0.05) is 6.42 Å². The van der Waals surface area contributed by atoms with Gasteiger partial charge in [-0.3, -0.25) is 14.4 Å². The molecule has 0 aromatic carbocycles. The SMILES string of the molecule is O=C(CCN1CCCC[C@H]1Cn1cncn1)N1CCOCC1. The number of amides is 1. The molecule has 7 nitrogen and oxygen atoms in total. The molecule has 2 fully saturated rings. The number of likely N-dealkylation sites (tertiary alicyclic amines) is 1. The molecule has 0 unspecified atom stereocenters. The van der Waals surface area contributed by atoms with Crippen molar-refractivity contribution in [3.05, 3.63) is 12.7 Å². The zero-order valence-corrected chi connectivity index (χ0v) is 13.1.